The van der Waals surface area contributed by atoms with E-state index in [0.717, 1.165) is 11.3 Å². The molecule has 0 fully saturated rings. The van der Waals surface area contributed by atoms with Crippen molar-refractivity contribution >= 4 is 17.7 Å². The van der Waals surface area contributed by atoms with Crippen LogP contribution in [0.5, 0.6) is 5.75 Å². The van der Waals surface area contributed by atoms with Gasteiger partial charge in [0.15, 0.2) is 0 Å². The van der Waals surface area contributed by atoms with Crippen LogP contribution >= 0.6 is 0 Å². The van der Waals surface area contributed by atoms with Gasteiger partial charge in [0.05, 0.1) is 17.7 Å². The summed E-state index contributed by atoms with van der Waals surface area (Å²) in [5.74, 6) is -0.255. The lowest BCUT2D eigenvalue weighted by molar-refractivity contribution is 0.0638. The minimum Gasteiger partial charge on any atom is -0.491 e. The highest BCUT2D eigenvalue weighted by molar-refractivity contribution is 6.22. The molecule has 0 atom stereocenters. The number of hydrogen-bond acceptors (Lipinski definition) is 5. The predicted molar refractivity (Wildman–Crippen MR) is 107 cm³/mol. The van der Waals surface area contributed by atoms with Crippen molar-refractivity contribution in [2.45, 2.75) is 13.3 Å². The van der Waals surface area contributed by atoms with Gasteiger partial charge in [-0.3, -0.25) is 19.3 Å². The van der Waals surface area contributed by atoms with Gasteiger partial charge in [0.1, 0.15) is 12.4 Å². The average molecular weight is 396 g/mol. The molecule has 2 aromatic rings. The van der Waals surface area contributed by atoms with Gasteiger partial charge in [-0.15, -0.1) is 0 Å². The van der Waals surface area contributed by atoms with Gasteiger partial charge in [-0.25, -0.2) is 0 Å². The molecule has 3 rings (SSSR count). The molecule has 7 heteroatoms. The molecule has 0 aromatic heterocycles. The largest absolute Gasteiger partial charge is 0.491 e. The molecule has 0 radical (unpaired) electrons. The van der Waals surface area contributed by atoms with Crippen LogP contribution in [-0.4, -0.2) is 56.0 Å². The second-order valence-corrected chi connectivity index (χ2v) is 6.74. The number of nitrogens with one attached hydrogen (secondary N) is 1. The zero-order chi connectivity index (χ0) is 20.8. The van der Waals surface area contributed by atoms with Crippen LogP contribution in [0.3, 0.4) is 0 Å². The maximum absolute atomic E-state index is 12.5. The van der Waals surface area contributed by atoms with Gasteiger partial charge in [0.25, 0.3) is 17.7 Å². The quantitative estimate of drug-likeness (QED) is 0.520. The maximum Gasteiger partial charge on any atom is 0.261 e. The lowest BCUT2D eigenvalue weighted by Crippen LogP contribution is -2.31. The molecular weight excluding hydrogens is 372 g/mol. The number of carbonyl (C=O) groups is 3. The summed E-state index contributed by atoms with van der Waals surface area (Å²) >= 11 is 0. The summed E-state index contributed by atoms with van der Waals surface area (Å²) in [6.45, 7) is 3.35. The number of benzene rings is 2. The van der Waals surface area contributed by atoms with Crippen LogP contribution in [0.25, 0.3) is 0 Å². The Hall–Kier alpha value is -3.19. The summed E-state index contributed by atoms with van der Waals surface area (Å²) < 4.78 is 10.6. The van der Waals surface area contributed by atoms with E-state index in [-0.39, 0.29) is 29.8 Å². The topological polar surface area (TPSA) is 84.9 Å². The Morgan fingerprint density at radius 2 is 1.79 bits per heavy atom. The Morgan fingerprint density at radius 1 is 1.03 bits per heavy atom. The molecule has 1 aliphatic heterocycles. The Balaban J connectivity index is 1.57. The standard InChI is InChI=1S/C22H24N2O5/c1-15-6-3-4-7-19(15)29-13-10-23-20(25)16-8-9-17-18(14-16)22(27)24(21(17)26)11-5-12-28-2/h3-4,6-9,14H,5,10-13H2,1-2H3,(H,23,25). The molecule has 1 aliphatic rings. The fraction of sp³-hybridized carbons (Fsp3) is 0.318. The van der Waals surface area contributed by atoms with Crippen molar-refractivity contribution in [1.29, 1.82) is 0 Å². The van der Waals surface area contributed by atoms with E-state index in [2.05, 4.69) is 5.32 Å². The summed E-state index contributed by atoms with van der Waals surface area (Å²) in [5, 5.41) is 2.77. The first-order valence-electron chi connectivity index (χ1n) is 9.48. The van der Waals surface area contributed by atoms with Crippen molar-refractivity contribution in [3.05, 3.63) is 64.7 Å². The number of para-hydroxylation sites is 1. The third-order valence-electron chi connectivity index (χ3n) is 4.70. The Labute approximate surface area is 169 Å². The molecule has 0 bridgehead atoms. The third kappa shape index (κ3) is 4.63. The first-order valence-corrected chi connectivity index (χ1v) is 9.48. The van der Waals surface area contributed by atoms with E-state index in [0.29, 0.717) is 37.3 Å². The summed E-state index contributed by atoms with van der Waals surface area (Å²) in [4.78, 5) is 38.5. The molecule has 0 spiro atoms. The monoisotopic (exact) mass is 396 g/mol. The number of carbonyl (C=O) groups excluding carboxylic acids is 3. The normalized spacial score (nSPS) is 12.8. The number of aryl methyl sites for hydroxylation is 1. The lowest BCUT2D eigenvalue weighted by Gasteiger charge is -2.12. The van der Waals surface area contributed by atoms with Crippen molar-refractivity contribution in [2.75, 3.05) is 33.4 Å². The van der Waals surface area contributed by atoms with Crippen LogP contribution in [0.4, 0.5) is 0 Å². The van der Waals surface area contributed by atoms with Crippen LogP contribution < -0.4 is 10.1 Å². The Morgan fingerprint density at radius 3 is 2.55 bits per heavy atom. The third-order valence-corrected chi connectivity index (χ3v) is 4.70. The van der Waals surface area contributed by atoms with Gasteiger partial charge in [0.2, 0.25) is 0 Å². The van der Waals surface area contributed by atoms with E-state index in [1.54, 1.807) is 13.2 Å². The van der Waals surface area contributed by atoms with Gasteiger partial charge in [-0.05, 0) is 43.2 Å². The van der Waals surface area contributed by atoms with Crippen molar-refractivity contribution in [1.82, 2.24) is 10.2 Å². The molecule has 2 aromatic carbocycles. The first kappa shape index (κ1) is 20.5. The summed E-state index contributed by atoms with van der Waals surface area (Å²) in [6, 6.07) is 12.2. The molecule has 3 amide bonds. The van der Waals surface area contributed by atoms with Crippen molar-refractivity contribution in [3.63, 3.8) is 0 Å². The number of methoxy groups -OCH3 is 1. The number of imide groups is 1. The molecule has 29 heavy (non-hydrogen) atoms. The van der Waals surface area contributed by atoms with Gasteiger partial charge in [-0.2, -0.15) is 0 Å². The minimum absolute atomic E-state index is 0.260. The zero-order valence-corrected chi connectivity index (χ0v) is 16.6. The Bertz CT molecular complexity index is 925. The molecule has 152 valence electrons. The van der Waals surface area contributed by atoms with Crippen LogP contribution in [0, 0.1) is 6.92 Å². The number of ether oxygens (including phenoxy) is 2. The fourth-order valence-corrected chi connectivity index (χ4v) is 3.15. The number of amides is 3. The van der Waals surface area contributed by atoms with Crippen molar-refractivity contribution in [2.24, 2.45) is 0 Å². The highest BCUT2D eigenvalue weighted by Gasteiger charge is 2.35. The van der Waals surface area contributed by atoms with E-state index in [4.69, 9.17) is 9.47 Å². The van der Waals surface area contributed by atoms with Gasteiger partial charge < -0.3 is 14.8 Å². The van der Waals surface area contributed by atoms with E-state index in [1.807, 2.05) is 31.2 Å². The molecule has 0 aliphatic carbocycles. The number of hydrogen-bond donors (Lipinski definition) is 1. The predicted octanol–water partition coefficient (Wildman–Crippen LogP) is 2.44. The molecular formula is C22H24N2O5. The fourth-order valence-electron chi connectivity index (χ4n) is 3.15. The molecule has 0 unspecified atom stereocenters. The Kier molecular flexibility index (Phi) is 6.61. The summed E-state index contributed by atoms with van der Waals surface area (Å²) in [6.07, 6.45) is 0.566. The molecule has 0 saturated heterocycles. The molecule has 7 nitrogen and oxygen atoms in total. The van der Waals surface area contributed by atoms with E-state index in [1.165, 1.54) is 17.0 Å². The van der Waals surface area contributed by atoms with Crippen LogP contribution in [0.15, 0.2) is 42.5 Å². The van der Waals surface area contributed by atoms with Crippen LogP contribution in [-0.2, 0) is 4.74 Å². The summed E-state index contributed by atoms with van der Waals surface area (Å²) in [7, 11) is 1.57. The average Bonchev–Trinajstić information content (AvgIpc) is 2.96. The van der Waals surface area contributed by atoms with Crippen LogP contribution in [0.2, 0.25) is 0 Å². The SMILES string of the molecule is COCCCN1C(=O)c2ccc(C(=O)NCCOc3ccccc3C)cc2C1=O. The number of rotatable bonds is 9. The minimum atomic E-state index is -0.376. The van der Waals surface area contributed by atoms with E-state index in [9.17, 15) is 14.4 Å². The number of fused-ring (bicyclic) bond motifs is 1. The lowest BCUT2D eigenvalue weighted by atomic mass is 10.1. The van der Waals surface area contributed by atoms with E-state index < -0.39 is 0 Å². The summed E-state index contributed by atoms with van der Waals surface area (Å²) in [5.41, 5.74) is 1.94. The van der Waals surface area contributed by atoms with Crippen molar-refractivity contribution < 1.29 is 23.9 Å². The second-order valence-electron chi connectivity index (χ2n) is 6.74. The highest BCUT2D eigenvalue weighted by atomic mass is 16.5. The number of nitrogens with zero attached hydrogens (tertiary/aromatic N) is 1. The van der Waals surface area contributed by atoms with Gasteiger partial charge in [-0.1, -0.05) is 18.2 Å². The van der Waals surface area contributed by atoms with Crippen molar-refractivity contribution in [3.8, 4) is 5.75 Å². The molecule has 0 saturated carbocycles. The first-order chi connectivity index (χ1) is 14.0. The molecule has 1 N–H and O–H groups in total. The van der Waals surface area contributed by atoms with Gasteiger partial charge >= 0.3 is 0 Å². The molecule has 1 heterocycles. The van der Waals surface area contributed by atoms with Crippen LogP contribution in [0.1, 0.15) is 43.1 Å². The second kappa shape index (κ2) is 9.34. The smallest absolute Gasteiger partial charge is 0.261 e. The highest BCUT2D eigenvalue weighted by Crippen LogP contribution is 2.24. The zero-order valence-electron chi connectivity index (χ0n) is 16.6. The van der Waals surface area contributed by atoms with Gasteiger partial charge in [0, 0.05) is 25.8 Å². The van der Waals surface area contributed by atoms with E-state index >= 15 is 0 Å². The maximum atomic E-state index is 12.5.